The number of hydrogen-bond acceptors (Lipinski definition) is 1. The lowest BCUT2D eigenvalue weighted by molar-refractivity contribution is 0.204. The topological polar surface area (TPSA) is 20.2 Å². The highest BCUT2D eigenvalue weighted by atomic mass is 16.3. The predicted octanol–water partition coefficient (Wildman–Crippen LogP) is 11.9. The molecule has 0 saturated carbocycles. The molecule has 0 aliphatic carbocycles. The van der Waals surface area contributed by atoms with Crippen LogP contribution < -0.4 is 0 Å². The highest BCUT2D eigenvalue weighted by Gasteiger charge is 2.14. The maximum Gasteiger partial charge on any atom is 0.0456 e. The van der Waals surface area contributed by atoms with Crippen LogP contribution in [-0.4, -0.2) is 11.7 Å². The lowest BCUT2D eigenvalue weighted by Gasteiger charge is -2.22. The number of hydrogen-bond donors (Lipinski definition) is 1. The van der Waals surface area contributed by atoms with Gasteiger partial charge < -0.3 is 5.11 Å². The third-order valence-electron chi connectivity index (χ3n) is 8.28. The van der Waals surface area contributed by atoms with Gasteiger partial charge in [-0.05, 0) is 42.9 Å². The second-order valence-corrected chi connectivity index (χ2v) is 12.8. The zero-order valence-corrected chi connectivity index (χ0v) is 25.4. The molecule has 0 rings (SSSR count). The molecule has 0 amide bonds. The van der Waals surface area contributed by atoms with Gasteiger partial charge in [0.25, 0.3) is 0 Å². The molecule has 1 nitrogen and oxygen atoms in total. The van der Waals surface area contributed by atoms with Crippen LogP contribution in [0.3, 0.4) is 0 Å². The molecule has 0 spiro atoms. The van der Waals surface area contributed by atoms with Gasteiger partial charge in [0.2, 0.25) is 0 Å². The van der Waals surface area contributed by atoms with Crippen LogP contribution in [0.1, 0.15) is 189 Å². The van der Waals surface area contributed by atoms with Crippen LogP contribution in [-0.2, 0) is 0 Å². The van der Waals surface area contributed by atoms with E-state index in [4.69, 9.17) is 0 Å². The molecule has 0 aromatic heterocycles. The first-order valence-corrected chi connectivity index (χ1v) is 16.6. The molecule has 0 aliphatic heterocycles. The summed E-state index contributed by atoms with van der Waals surface area (Å²) in [5.41, 5.74) is 0. The summed E-state index contributed by atoms with van der Waals surface area (Å²) in [6.45, 7) is 12.1. The van der Waals surface area contributed by atoms with Gasteiger partial charge in [0.05, 0.1) is 0 Å². The summed E-state index contributed by atoms with van der Waals surface area (Å²) in [4.78, 5) is 0. The van der Waals surface area contributed by atoms with Gasteiger partial charge in [-0.2, -0.15) is 0 Å². The molecule has 35 heavy (non-hydrogen) atoms. The minimum absolute atomic E-state index is 0.342. The Labute approximate surface area is 224 Å². The van der Waals surface area contributed by atoms with Crippen molar-refractivity contribution >= 4 is 0 Å². The summed E-state index contributed by atoms with van der Waals surface area (Å²) in [6.07, 6.45) is 34.6. The molecule has 0 saturated heterocycles. The van der Waals surface area contributed by atoms with E-state index in [-0.39, 0.29) is 0 Å². The van der Waals surface area contributed by atoms with Crippen molar-refractivity contribution in [1.82, 2.24) is 0 Å². The van der Waals surface area contributed by atoms with Crippen molar-refractivity contribution in [3.05, 3.63) is 0 Å². The van der Waals surface area contributed by atoms with E-state index >= 15 is 0 Å². The van der Waals surface area contributed by atoms with Crippen LogP contribution in [0.15, 0.2) is 0 Å². The zero-order chi connectivity index (χ0) is 26.0. The molecule has 0 fully saturated rings. The summed E-state index contributed by atoms with van der Waals surface area (Å²) in [7, 11) is 0. The quantitative estimate of drug-likeness (QED) is 0.107. The highest BCUT2D eigenvalue weighted by molar-refractivity contribution is 4.66. The SMILES string of the molecule is CCCCCCCCCCCCCCCCCCCCCCC(C)CC(C)CC(C)CC(C)CO. The van der Waals surface area contributed by atoms with E-state index in [9.17, 15) is 5.11 Å². The van der Waals surface area contributed by atoms with Gasteiger partial charge in [0.15, 0.2) is 0 Å². The molecule has 0 aromatic rings. The molecule has 0 bridgehead atoms. The fourth-order valence-corrected chi connectivity index (χ4v) is 6.19. The van der Waals surface area contributed by atoms with Crippen molar-refractivity contribution in [2.24, 2.45) is 23.7 Å². The van der Waals surface area contributed by atoms with Gasteiger partial charge in [-0.25, -0.2) is 0 Å². The molecule has 0 aliphatic rings. The lowest BCUT2D eigenvalue weighted by atomic mass is 9.84. The standard InChI is InChI=1S/C34H70O/c1-6-7-8-9-10-11-12-13-14-15-16-17-18-19-20-21-22-23-24-25-26-31(2)27-32(3)28-33(4)29-34(5)30-35/h31-35H,6-30H2,1-5H3. The molecule has 1 N–H and O–H groups in total. The van der Waals surface area contributed by atoms with E-state index in [0.29, 0.717) is 12.5 Å². The van der Waals surface area contributed by atoms with Crippen molar-refractivity contribution < 1.29 is 5.11 Å². The van der Waals surface area contributed by atoms with E-state index < -0.39 is 0 Å². The van der Waals surface area contributed by atoms with Gasteiger partial charge in [-0.15, -0.1) is 0 Å². The van der Waals surface area contributed by atoms with Gasteiger partial charge in [-0.3, -0.25) is 0 Å². The normalized spacial score (nSPS) is 15.3. The fraction of sp³-hybridized carbons (Fsp3) is 1.00. The number of aliphatic hydroxyl groups is 1. The van der Waals surface area contributed by atoms with Crippen LogP contribution in [0.2, 0.25) is 0 Å². The molecule has 1 heteroatoms. The maximum atomic E-state index is 9.25. The number of rotatable bonds is 28. The third kappa shape index (κ3) is 26.8. The summed E-state index contributed by atoms with van der Waals surface area (Å²) in [6, 6.07) is 0. The third-order valence-corrected chi connectivity index (χ3v) is 8.28. The van der Waals surface area contributed by atoms with Crippen molar-refractivity contribution in [2.75, 3.05) is 6.61 Å². The molecule has 0 heterocycles. The van der Waals surface area contributed by atoms with Crippen LogP contribution in [0.5, 0.6) is 0 Å². The summed E-state index contributed by atoms with van der Waals surface area (Å²) in [5.74, 6) is 2.92. The van der Waals surface area contributed by atoms with E-state index in [1.165, 1.54) is 154 Å². The Morgan fingerprint density at radius 3 is 1.00 bits per heavy atom. The van der Waals surface area contributed by atoms with Gasteiger partial charge in [-0.1, -0.05) is 169 Å². The second-order valence-electron chi connectivity index (χ2n) is 12.8. The zero-order valence-electron chi connectivity index (χ0n) is 25.4. The first-order chi connectivity index (χ1) is 17.0. The molecule has 0 radical (unpaired) electrons. The summed E-state index contributed by atoms with van der Waals surface area (Å²) < 4.78 is 0. The van der Waals surface area contributed by atoms with Crippen molar-refractivity contribution in [1.29, 1.82) is 0 Å². The minimum Gasteiger partial charge on any atom is -0.396 e. The van der Waals surface area contributed by atoms with Crippen LogP contribution in [0, 0.1) is 23.7 Å². The predicted molar refractivity (Wildman–Crippen MR) is 160 cm³/mol. The van der Waals surface area contributed by atoms with Crippen LogP contribution in [0.4, 0.5) is 0 Å². The average Bonchev–Trinajstić information content (AvgIpc) is 2.82. The van der Waals surface area contributed by atoms with E-state index in [1.807, 2.05) is 0 Å². The Morgan fingerprint density at radius 2 is 0.657 bits per heavy atom. The Hall–Kier alpha value is -0.0400. The molecule has 212 valence electrons. The second kappa shape index (κ2) is 27.0. The Bertz CT molecular complexity index is 392. The number of unbranched alkanes of at least 4 members (excludes halogenated alkanes) is 19. The van der Waals surface area contributed by atoms with Crippen molar-refractivity contribution in [2.45, 2.75) is 189 Å². The average molecular weight is 495 g/mol. The molecular weight excluding hydrogens is 424 g/mol. The van der Waals surface area contributed by atoms with E-state index in [1.54, 1.807) is 0 Å². The highest BCUT2D eigenvalue weighted by Crippen LogP contribution is 2.26. The largest absolute Gasteiger partial charge is 0.396 e. The van der Waals surface area contributed by atoms with Crippen molar-refractivity contribution in [3.63, 3.8) is 0 Å². The van der Waals surface area contributed by atoms with Gasteiger partial charge >= 0.3 is 0 Å². The van der Waals surface area contributed by atoms with Gasteiger partial charge in [0.1, 0.15) is 0 Å². The first kappa shape index (κ1) is 35.0. The fourth-order valence-electron chi connectivity index (χ4n) is 6.19. The van der Waals surface area contributed by atoms with Gasteiger partial charge in [0, 0.05) is 6.61 Å². The smallest absolute Gasteiger partial charge is 0.0456 e. The van der Waals surface area contributed by atoms with E-state index in [2.05, 4.69) is 34.6 Å². The molecular formula is C34H70O. The lowest BCUT2D eigenvalue weighted by Crippen LogP contribution is -2.12. The van der Waals surface area contributed by atoms with E-state index in [0.717, 1.165) is 17.8 Å². The maximum absolute atomic E-state index is 9.25. The Balaban J connectivity index is 3.30. The first-order valence-electron chi connectivity index (χ1n) is 16.6. The molecule has 0 aromatic carbocycles. The summed E-state index contributed by atoms with van der Waals surface area (Å²) in [5, 5.41) is 9.25. The van der Waals surface area contributed by atoms with Crippen LogP contribution in [0.25, 0.3) is 0 Å². The minimum atomic E-state index is 0.342. The molecule has 4 unspecified atom stereocenters. The van der Waals surface area contributed by atoms with Crippen molar-refractivity contribution in [3.8, 4) is 0 Å². The van der Waals surface area contributed by atoms with Crippen LogP contribution >= 0.6 is 0 Å². The molecule has 4 atom stereocenters. The summed E-state index contributed by atoms with van der Waals surface area (Å²) >= 11 is 0. The number of aliphatic hydroxyl groups excluding tert-OH is 1. The monoisotopic (exact) mass is 495 g/mol. The Morgan fingerprint density at radius 1 is 0.371 bits per heavy atom. The Kier molecular flexibility index (Phi) is 27.0.